The van der Waals surface area contributed by atoms with Crippen LogP contribution in [0.15, 0.2) is 76.7 Å². The van der Waals surface area contributed by atoms with Gasteiger partial charge in [0.25, 0.3) is 17.5 Å². The normalized spacial score (nSPS) is 30.7. The fourth-order valence-electron chi connectivity index (χ4n) is 7.35. The van der Waals surface area contributed by atoms with E-state index in [2.05, 4.69) is 0 Å². The molecule has 45 heavy (non-hydrogen) atoms. The number of imide groups is 2. The first-order valence-electron chi connectivity index (χ1n) is 14.0. The maximum Gasteiger partial charge on any atom is 0.271 e. The number of rotatable bonds is 5. The van der Waals surface area contributed by atoms with Crippen LogP contribution in [0, 0.1) is 33.7 Å². The summed E-state index contributed by atoms with van der Waals surface area (Å²) in [5.41, 5.74) is 0.224. The second-order valence-electron chi connectivity index (χ2n) is 11.5. The molecule has 2 aromatic carbocycles. The lowest BCUT2D eigenvalue weighted by atomic mass is 9.57. The minimum absolute atomic E-state index is 0.0306. The van der Waals surface area contributed by atoms with E-state index in [4.69, 9.17) is 27.6 Å². The summed E-state index contributed by atoms with van der Waals surface area (Å²) in [6.07, 6.45) is 1.47. The van der Waals surface area contributed by atoms with E-state index in [9.17, 15) is 38.8 Å². The van der Waals surface area contributed by atoms with Crippen LogP contribution in [-0.4, -0.2) is 43.4 Å². The number of amides is 4. The molecule has 2 aliphatic heterocycles. The monoisotopic (exact) mass is 653 g/mol. The Morgan fingerprint density at radius 1 is 0.956 bits per heavy atom. The van der Waals surface area contributed by atoms with Crippen LogP contribution in [0.4, 0.5) is 21.5 Å². The number of alkyl halides is 2. The van der Waals surface area contributed by atoms with E-state index in [1.54, 1.807) is 6.08 Å². The van der Waals surface area contributed by atoms with Crippen molar-refractivity contribution in [1.29, 1.82) is 0 Å². The number of halogens is 3. The number of aliphatic hydroxyl groups is 1. The molecule has 6 atom stereocenters. The van der Waals surface area contributed by atoms with Gasteiger partial charge in [0.1, 0.15) is 23.9 Å². The number of furan rings is 1. The lowest BCUT2D eigenvalue weighted by molar-refractivity contribution is -0.384. The molecule has 2 saturated heterocycles. The first kappa shape index (κ1) is 29.3. The van der Waals surface area contributed by atoms with Crippen molar-refractivity contribution in [1.82, 2.24) is 0 Å². The Balaban J connectivity index is 1.37. The van der Waals surface area contributed by atoms with Crippen molar-refractivity contribution >= 4 is 63.9 Å². The summed E-state index contributed by atoms with van der Waals surface area (Å²) in [6.45, 7) is -0.471. The van der Waals surface area contributed by atoms with Gasteiger partial charge in [0.2, 0.25) is 11.8 Å². The first-order chi connectivity index (χ1) is 21.4. The second-order valence-corrected chi connectivity index (χ2v) is 12.7. The van der Waals surface area contributed by atoms with Gasteiger partial charge in [-0.3, -0.25) is 29.3 Å². The molecule has 7 rings (SSSR count). The molecule has 0 bridgehead atoms. The van der Waals surface area contributed by atoms with Crippen LogP contribution in [0.2, 0.25) is 0 Å². The lowest BCUT2D eigenvalue weighted by Gasteiger charge is -2.49. The van der Waals surface area contributed by atoms with Crippen LogP contribution in [0.5, 0.6) is 0 Å². The van der Waals surface area contributed by atoms with Gasteiger partial charge in [-0.2, -0.15) is 0 Å². The Hall–Kier alpha value is -4.39. The summed E-state index contributed by atoms with van der Waals surface area (Å²) in [7, 11) is 0. The first-order valence-corrected chi connectivity index (χ1v) is 14.7. The van der Waals surface area contributed by atoms with Gasteiger partial charge in [-0.25, -0.2) is 14.2 Å². The number of nitro benzene ring substituents is 1. The smallest absolute Gasteiger partial charge is 0.271 e. The van der Waals surface area contributed by atoms with Crippen LogP contribution in [0.1, 0.15) is 30.3 Å². The SMILES string of the molecule is O=C1C2CC=C3C(CC4(Cl)C(=O)N(c5ccc(F)cc5)C(=O)C4(Cl)C3c3ccc(CO)o3)C2C(=O)N1c1cccc([N+](=O)[O-])c1. The number of nitrogens with zero attached hydrogens (tertiary/aromatic N) is 3. The van der Waals surface area contributed by atoms with Crippen LogP contribution < -0.4 is 9.80 Å². The fraction of sp³-hybridized carbons (Fsp3) is 0.290. The minimum atomic E-state index is -2.18. The van der Waals surface area contributed by atoms with Gasteiger partial charge >= 0.3 is 0 Å². The third-order valence-corrected chi connectivity index (χ3v) is 10.7. The van der Waals surface area contributed by atoms with E-state index in [1.807, 2.05) is 0 Å². The largest absolute Gasteiger partial charge is 0.463 e. The Morgan fingerprint density at radius 2 is 1.69 bits per heavy atom. The van der Waals surface area contributed by atoms with Crippen molar-refractivity contribution in [3.63, 3.8) is 0 Å². The molecular formula is C31H22Cl2FN3O8. The number of carbonyl (C=O) groups excluding carboxylic acids is 4. The van der Waals surface area contributed by atoms with E-state index in [-0.39, 0.29) is 41.4 Å². The summed E-state index contributed by atoms with van der Waals surface area (Å²) < 4.78 is 19.6. The Morgan fingerprint density at radius 3 is 2.36 bits per heavy atom. The Bertz CT molecular complexity index is 1860. The fourth-order valence-corrected chi connectivity index (χ4v) is 8.26. The third-order valence-electron chi connectivity index (χ3n) is 9.32. The lowest BCUT2D eigenvalue weighted by Crippen LogP contribution is -2.60. The standard InChI is InChI=1S/C31H22Cl2FN3O8/c32-30-13-22-20(9-10-21-24(22)27(40)35(26(21)39)17-2-1-3-18(12-17)37(43)44)25(23-11-8-19(14-38)45-23)31(30,33)29(42)36(28(30)41)16-6-4-15(34)5-7-16/h1-9,11-12,21-22,24-25,38H,10,13-14H2. The topological polar surface area (TPSA) is 151 Å². The summed E-state index contributed by atoms with van der Waals surface area (Å²) in [5.74, 6) is -7.28. The molecule has 6 unspecified atom stereocenters. The molecule has 2 aliphatic carbocycles. The average Bonchev–Trinajstić information content (AvgIpc) is 3.64. The number of hydrogen-bond acceptors (Lipinski definition) is 8. The molecule has 0 spiro atoms. The van der Waals surface area contributed by atoms with Crippen molar-refractivity contribution in [3.8, 4) is 0 Å². The van der Waals surface area contributed by atoms with Gasteiger partial charge in [-0.05, 0) is 61.2 Å². The number of non-ortho nitro benzene ring substituents is 1. The molecule has 1 N–H and O–H groups in total. The predicted molar refractivity (Wildman–Crippen MR) is 157 cm³/mol. The van der Waals surface area contributed by atoms with Gasteiger partial charge < -0.3 is 9.52 Å². The van der Waals surface area contributed by atoms with E-state index >= 15 is 0 Å². The maximum absolute atomic E-state index is 14.3. The molecule has 3 heterocycles. The van der Waals surface area contributed by atoms with Crippen molar-refractivity contribution in [3.05, 3.63) is 99.8 Å². The van der Waals surface area contributed by atoms with Crippen molar-refractivity contribution in [2.24, 2.45) is 17.8 Å². The molecule has 0 radical (unpaired) electrons. The number of nitro groups is 1. The van der Waals surface area contributed by atoms with E-state index in [0.717, 1.165) is 28.0 Å². The highest BCUT2D eigenvalue weighted by molar-refractivity contribution is 6.58. The highest BCUT2D eigenvalue weighted by atomic mass is 35.5. The van der Waals surface area contributed by atoms with Crippen molar-refractivity contribution in [2.45, 2.75) is 35.1 Å². The van der Waals surface area contributed by atoms with Crippen LogP contribution >= 0.6 is 23.2 Å². The molecule has 3 fully saturated rings. The molecular weight excluding hydrogens is 632 g/mol. The number of carbonyl (C=O) groups is 4. The number of anilines is 2. The summed E-state index contributed by atoms with van der Waals surface area (Å²) in [6, 6.07) is 12.8. The van der Waals surface area contributed by atoms with E-state index in [1.165, 1.54) is 42.5 Å². The summed E-state index contributed by atoms with van der Waals surface area (Å²) >= 11 is 14.5. The van der Waals surface area contributed by atoms with Gasteiger partial charge in [0.05, 0.1) is 34.1 Å². The zero-order chi connectivity index (χ0) is 32.0. The summed E-state index contributed by atoms with van der Waals surface area (Å²) in [4.78, 5) is 64.4. The molecule has 11 nitrogen and oxygen atoms in total. The number of fused-ring (bicyclic) bond motifs is 4. The van der Waals surface area contributed by atoms with Crippen molar-refractivity contribution in [2.75, 3.05) is 9.80 Å². The molecule has 4 amide bonds. The Labute approximate surface area is 263 Å². The number of hydrogen-bond donors (Lipinski definition) is 1. The molecule has 1 saturated carbocycles. The number of allylic oxidation sites excluding steroid dienone is 2. The van der Waals surface area contributed by atoms with Crippen molar-refractivity contribution < 1.29 is 38.0 Å². The molecule has 1 aromatic heterocycles. The maximum atomic E-state index is 14.3. The van der Waals surface area contributed by atoms with E-state index in [0.29, 0.717) is 5.57 Å². The van der Waals surface area contributed by atoms with Gasteiger partial charge in [-0.15, -0.1) is 23.2 Å². The molecule has 3 aromatic rings. The number of aliphatic hydroxyl groups excluding tert-OH is 1. The number of benzene rings is 2. The molecule has 4 aliphatic rings. The zero-order valence-electron chi connectivity index (χ0n) is 23.1. The Kier molecular flexibility index (Phi) is 6.56. The quantitative estimate of drug-likeness (QED) is 0.138. The van der Waals surface area contributed by atoms with Gasteiger partial charge in [-0.1, -0.05) is 17.7 Å². The van der Waals surface area contributed by atoms with Crippen LogP contribution in [0.25, 0.3) is 0 Å². The third kappa shape index (κ3) is 3.92. The highest BCUT2D eigenvalue weighted by Crippen LogP contribution is 2.66. The predicted octanol–water partition coefficient (Wildman–Crippen LogP) is 4.59. The van der Waals surface area contributed by atoms with Gasteiger partial charge in [0, 0.05) is 12.1 Å². The minimum Gasteiger partial charge on any atom is -0.463 e. The van der Waals surface area contributed by atoms with Crippen LogP contribution in [0.3, 0.4) is 0 Å². The second kappa shape index (κ2) is 10.1. The van der Waals surface area contributed by atoms with E-state index < -0.39 is 74.4 Å². The molecule has 230 valence electrons. The highest BCUT2D eigenvalue weighted by Gasteiger charge is 2.77. The summed E-state index contributed by atoms with van der Waals surface area (Å²) in [5, 5.41) is 21.1. The average molecular weight is 654 g/mol. The zero-order valence-corrected chi connectivity index (χ0v) is 24.6. The van der Waals surface area contributed by atoms with Gasteiger partial charge in [0.15, 0.2) is 9.75 Å². The molecule has 14 heteroatoms. The van der Waals surface area contributed by atoms with Crippen LogP contribution in [-0.2, 0) is 25.8 Å².